The Labute approximate surface area is 193 Å². The molecule has 1 atom stereocenters. The third-order valence-corrected chi connectivity index (χ3v) is 5.13. The minimum absolute atomic E-state index is 0. The van der Waals surface area contributed by atoms with Crippen LogP contribution in [0.1, 0.15) is 34.5 Å². The molecule has 3 aromatic heterocycles. The fourth-order valence-corrected chi connectivity index (χ4v) is 3.52. The number of hydrogen-bond donors (Lipinski definition) is 2. The van der Waals surface area contributed by atoms with Crippen LogP contribution < -0.4 is 10.6 Å². The lowest BCUT2D eigenvalue weighted by atomic mass is 9.96. The van der Waals surface area contributed by atoms with E-state index < -0.39 is 0 Å². The van der Waals surface area contributed by atoms with Crippen molar-refractivity contribution in [3.05, 3.63) is 71.9 Å². The van der Waals surface area contributed by atoms with E-state index in [4.69, 9.17) is 0 Å². The number of nitrogens with one attached hydrogen (secondary N) is 2. The summed E-state index contributed by atoms with van der Waals surface area (Å²) in [5.74, 6) is 0.745. The Morgan fingerprint density at radius 2 is 1.97 bits per heavy atom. The van der Waals surface area contributed by atoms with Crippen LogP contribution in [-0.2, 0) is 0 Å². The van der Waals surface area contributed by atoms with Crippen LogP contribution in [0.2, 0.25) is 0 Å². The molecule has 2 N–H and O–H groups in total. The molecule has 1 aromatic carbocycles. The topological polar surface area (TPSA) is 106 Å². The summed E-state index contributed by atoms with van der Waals surface area (Å²) >= 11 is 0. The second kappa shape index (κ2) is 10.1. The van der Waals surface area contributed by atoms with Crippen LogP contribution in [0.15, 0.2) is 55.1 Å². The number of aromatic nitrogens is 5. The summed E-state index contributed by atoms with van der Waals surface area (Å²) in [6.07, 6.45) is 4.90. The number of carbonyl (C=O) groups excluding carboxylic acids is 1. The van der Waals surface area contributed by atoms with Gasteiger partial charge >= 0.3 is 0 Å². The molecule has 0 fully saturated rings. The second-order valence-corrected chi connectivity index (χ2v) is 7.34. The van der Waals surface area contributed by atoms with Gasteiger partial charge in [-0.2, -0.15) is 23.7 Å². The number of amides is 1. The summed E-state index contributed by atoms with van der Waals surface area (Å²) in [4.78, 5) is 25.4. The van der Waals surface area contributed by atoms with Gasteiger partial charge in [0.15, 0.2) is 0 Å². The van der Waals surface area contributed by atoms with Crippen LogP contribution in [0.5, 0.6) is 0 Å². The average molecular weight is 448 g/mol. The molecular formula is C23H25N7OS. The minimum Gasteiger partial charge on any atom is -0.369 e. The van der Waals surface area contributed by atoms with Gasteiger partial charge in [0.2, 0.25) is 0 Å². The first-order valence-electron chi connectivity index (χ1n) is 10.0. The van der Waals surface area contributed by atoms with Gasteiger partial charge in [-0.15, -0.1) is 0 Å². The Morgan fingerprint density at radius 1 is 1.12 bits per heavy atom. The lowest BCUT2D eigenvalue weighted by Crippen LogP contribution is -2.18. The highest BCUT2D eigenvalue weighted by Crippen LogP contribution is 2.27. The molecule has 9 heteroatoms. The van der Waals surface area contributed by atoms with Gasteiger partial charge in [0.05, 0.1) is 28.7 Å². The molecule has 0 saturated heterocycles. The fraction of sp³-hybridized carbons (Fsp3) is 0.217. The molecule has 0 unspecified atom stereocenters. The molecule has 0 aliphatic carbocycles. The van der Waals surface area contributed by atoms with Crippen LogP contribution in [-0.4, -0.2) is 44.6 Å². The summed E-state index contributed by atoms with van der Waals surface area (Å²) in [5.41, 5.74) is 5.03. The monoisotopic (exact) mass is 447 g/mol. The Kier molecular flexibility index (Phi) is 7.32. The zero-order chi connectivity index (χ0) is 21.8. The van der Waals surface area contributed by atoms with Gasteiger partial charge in [-0.05, 0) is 24.6 Å². The van der Waals surface area contributed by atoms with Crippen molar-refractivity contribution in [3.8, 4) is 11.3 Å². The molecule has 0 saturated carbocycles. The van der Waals surface area contributed by atoms with E-state index in [2.05, 4.69) is 42.7 Å². The van der Waals surface area contributed by atoms with E-state index in [1.807, 2.05) is 37.3 Å². The molecule has 3 heterocycles. The standard InChI is InChI=1S/C23H23N7O.H2S/c1-14(17-5-4-6-18-19(23(31)24-3)7-8-25-22(17)18)11-26-21-10-20(27-13-28-21)16-9-15(2)30-29-12-16;/h4-10,12-14H,11H2,1-3H3,(H,24,31)(H,26,27,28);1H2/t14-;/m1./s1. The van der Waals surface area contributed by atoms with Crippen LogP contribution in [0.4, 0.5) is 5.82 Å². The minimum atomic E-state index is -0.121. The zero-order valence-electron chi connectivity index (χ0n) is 18.1. The van der Waals surface area contributed by atoms with E-state index in [9.17, 15) is 4.79 Å². The largest absolute Gasteiger partial charge is 0.369 e. The Morgan fingerprint density at radius 3 is 2.75 bits per heavy atom. The van der Waals surface area contributed by atoms with Gasteiger partial charge in [-0.1, -0.05) is 25.1 Å². The Balaban J connectivity index is 0.00000289. The van der Waals surface area contributed by atoms with E-state index in [0.717, 1.165) is 39.2 Å². The van der Waals surface area contributed by atoms with E-state index in [1.54, 1.807) is 25.5 Å². The summed E-state index contributed by atoms with van der Waals surface area (Å²) < 4.78 is 0. The predicted octanol–water partition coefficient (Wildman–Crippen LogP) is 3.48. The first kappa shape index (κ1) is 23.1. The average Bonchev–Trinajstić information content (AvgIpc) is 2.81. The molecule has 0 bridgehead atoms. The van der Waals surface area contributed by atoms with Gasteiger partial charge in [-0.25, -0.2) is 9.97 Å². The van der Waals surface area contributed by atoms with Crippen LogP contribution >= 0.6 is 13.5 Å². The highest BCUT2D eigenvalue weighted by Gasteiger charge is 2.15. The number of pyridine rings is 1. The van der Waals surface area contributed by atoms with Crippen molar-refractivity contribution >= 4 is 36.1 Å². The van der Waals surface area contributed by atoms with Crippen LogP contribution in [0.25, 0.3) is 22.2 Å². The molecular weight excluding hydrogens is 422 g/mol. The molecule has 32 heavy (non-hydrogen) atoms. The molecule has 0 radical (unpaired) electrons. The van der Waals surface area contributed by atoms with E-state index in [1.165, 1.54) is 6.33 Å². The van der Waals surface area contributed by atoms with Crippen molar-refractivity contribution < 1.29 is 4.79 Å². The first-order valence-corrected chi connectivity index (χ1v) is 10.0. The van der Waals surface area contributed by atoms with Gasteiger partial charge in [0, 0.05) is 42.7 Å². The van der Waals surface area contributed by atoms with Gasteiger partial charge < -0.3 is 10.6 Å². The van der Waals surface area contributed by atoms with Crippen LogP contribution in [0.3, 0.4) is 0 Å². The number of aryl methyl sites for hydroxylation is 1. The highest BCUT2D eigenvalue weighted by atomic mass is 32.1. The summed E-state index contributed by atoms with van der Waals surface area (Å²) in [6.45, 7) is 4.66. The fourth-order valence-electron chi connectivity index (χ4n) is 3.52. The van der Waals surface area contributed by atoms with Crippen molar-refractivity contribution in [2.45, 2.75) is 19.8 Å². The molecule has 1 amide bonds. The van der Waals surface area contributed by atoms with E-state index in [0.29, 0.717) is 12.1 Å². The number of rotatable bonds is 6. The number of nitrogens with zero attached hydrogens (tertiary/aromatic N) is 5. The third-order valence-electron chi connectivity index (χ3n) is 5.13. The highest BCUT2D eigenvalue weighted by molar-refractivity contribution is 7.59. The lowest BCUT2D eigenvalue weighted by molar-refractivity contribution is 0.0964. The van der Waals surface area contributed by atoms with Gasteiger partial charge in [0.1, 0.15) is 12.1 Å². The normalized spacial score (nSPS) is 11.5. The number of anilines is 1. The smallest absolute Gasteiger partial charge is 0.251 e. The number of fused-ring (bicyclic) bond motifs is 1. The van der Waals surface area contributed by atoms with E-state index in [-0.39, 0.29) is 25.3 Å². The van der Waals surface area contributed by atoms with Crippen molar-refractivity contribution in [2.24, 2.45) is 0 Å². The maximum absolute atomic E-state index is 12.2. The Bertz CT molecular complexity index is 1250. The molecule has 164 valence electrons. The SMILES string of the molecule is CNC(=O)c1ccnc2c([C@H](C)CNc3cc(-c4cnnc(C)c4)ncn3)cccc12.S. The number of carbonyl (C=O) groups is 1. The molecule has 0 aliphatic rings. The zero-order valence-corrected chi connectivity index (χ0v) is 19.1. The molecule has 0 spiro atoms. The molecule has 8 nitrogen and oxygen atoms in total. The summed E-state index contributed by atoms with van der Waals surface area (Å²) in [7, 11) is 1.63. The van der Waals surface area contributed by atoms with E-state index >= 15 is 0 Å². The maximum Gasteiger partial charge on any atom is 0.251 e. The quantitative estimate of drug-likeness (QED) is 0.466. The Hall–Kier alpha value is -3.59. The molecule has 4 rings (SSSR count). The second-order valence-electron chi connectivity index (χ2n) is 7.34. The van der Waals surface area contributed by atoms with Gasteiger partial charge in [-0.3, -0.25) is 9.78 Å². The first-order chi connectivity index (χ1) is 15.1. The van der Waals surface area contributed by atoms with Gasteiger partial charge in [0.25, 0.3) is 5.91 Å². The number of benzene rings is 1. The maximum atomic E-state index is 12.2. The van der Waals surface area contributed by atoms with Crippen LogP contribution in [0, 0.1) is 6.92 Å². The lowest BCUT2D eigenvalue weighted by Gasteiger charge is -2.16. The number of para-hydroxylation sites is 1. The summed E-state index contributed by atoms with van der Waals surface area (Å²) in [5, 5.41) is 14.9. The third kappa shape index (κ3) is 4.83. The molecule has 0 aliphatic heterocycles. The van der Waals surface area contributed by atoms with Crippen molar-refractivity contribution in [3.63, 3.8) is 0 Å². The van der Waals surface area contributed by atoms with Crippen molar-refractivity contribution in [1.82, 2.24) is 30.5 Å². The molecule has 4 aromatic rings. The van der Waals surface area contributed by atoms with Crippen molar-refractivity contribution in [1.29, 1.82) is 0 Å². The van der Waals surface area contributed by atoms with Crippen molar-refractivity contribution in [2.75, 3.05) is 18.9 Å². The summed E-state index contributed by atoms with van der Waals surface area (Å²) in [6, 6.07) is 11.5. The predicted molar refractivity (Wildman–Crippen MR) is 130 cm³/mol. The number of hydrogen-bond acceptors (Lipinski definition) is 7.